The van der Waals surface area contributed by atoms with E-state index in [1.807, 2.05) is 54.7 Å². The summed E-state index contributed by atoms with van der Waals surface area (Å²) in [6.45, 7) is 0. The zero-order valence-electron chi connectivity index (χ0n) is 20.4. The fourth-order valence-corrected chi connectivity index (χ4v) is 3.68. The minimum Gasteiger partial charge on any atom is -0.258 e. The number of nitro groups is 3. The Balaban J connectivity index is 1.63. The first-order chi connectivity index (χ1) is 18.8. The second-order valence-electron chi connectivity index (χ2n) is 8.43. The van der Waals surface area contributed by atoms with Crippen LogP contribution in [0.2, 0.25) is 0 Å². The van der Waals surface area contributed by atoms with Gasteiger partial charge in [0.1, 0.15) is 0 Å². The molecule has 0 unspecified atom stereocenters. The molecular formula is C30H21N3O6. The molecule has 0 saturated heterocycles. The predicted octanol–water partition coefficient (Wildman–Crippen LogP) is 7.92. The first-order valence-corrected chi connectivity index (χ1v) is 11.7. The molecule has 0 amide bonds. The summed E-state index contributed by atoms with van der Waals surface area (Å²) in [6.07, 6.45) is 11.3. The maximum atomic E-state index is 10.9. The van der Waals surface area contributed by atoms with E-state index in [0.717, 1.165) is 33.4 Å². The highest BCUT2D eigenvalue weighted by Gasteiger charge is 2.05. The molecule has 0 aliphatic carbocycles. The summed E-state index contributed by atoms with van der Waals surface area (Å²) in [7, 11) is 0. The summed E-state index contributed by atoms with van der Waals surface area (Å²) in [5.41, 5.74) is 5.10. The average molecular weight is 520 g/mol. The first kappa shape index (κ1) is 26.4. The molecule has 0 heterocycles. The molecule has 4 aromatic rings. The molecule has 4 aromatic carbocycles. The van der Waals surface area contributed by atoms with Crippen molar-refractivity contribution >= 4 is 53.5 Å². The van der Waals surface area contributed by atoms with Crippen LogP contribution in [0.3, 0.4) is 0 Å². The lowest BCUT2D eigenvalue weighted by Gasteiger charge is -2.05. The fraction of sp³-hybridized carbons (Fsp3) is 0. The molecule has 4 rings (SSSR count). The highest BCUT2D eigenvalue weighted by Crippen LogP contribution is 2.22. The van der Waals surface area contributed by atoms with Crippen molar-refractivity contribution in [2.45, 2.75) is 0 Å². The standard InChI is InChI=1S/C30H21N3O6/c34-31(35)28-15-6-22(7-16-28)1-2-25-5-13-26(12-3-23-8-17-29(18-9-23)32(36)37)27(21-25)14-4-24-10-19-30(20-11-24)33(38)39/h1-21H. The Bertz CT molecular complexity index is 1600. The third-order valence-corrected chi connectivity index (χ3v) is 5.80. The summed E-state index contributed by atoms with van der Waals surface area (Å²) in [5.74, 6) is 0. The smallest absolute Gasteiger partial charge is 0.258 e. The average Bonchev–Trinajstić information content (AvgIpc) is 2.95. The molecule has 9 nitrogen and oxygen atoms in total. The number of non-ortho nitro benzene ring substituents is 3. The molecule has 9 heteroatoms. The summed E-state index contributed by atoms with van der Waals surface area (Å²) in [6, 6.07) is 24.5. The monoisotopic (exact) mass is 519 g/mol. The minimum atomic E-state index is -0.449. The van der Waals surface area contributed by atoms with Crippen molar-refractivity contribution in [1.82, 2.24) is 0 Å². The van der Waals surface area contributed by atoms with E-state index in [1.54, 1.807) is 36.4 Å². The molecular weight excluding hydrogens is 498 g/mol. The van der Waals surface area contributed by atoms with Crippen LogP contribution in [-0.4, -0.2) is 14.8 Å². The van der Waals surface area contributed by atoms with Crippen molar-refractivity contribution in [2.75, 3.05) is 0 Å². The van der Waals surface area contributed by atoms with Gasteiger partial charge in [0.15, 0.2) is 0 Å². The Morgan fingerprint density at radius 1 is 0.385 bits per heavy atom. The SMILES string of the molecule is O=[N+]([O-])c1ccc(C=Cc2ccc(C=Cc3ccc([N+](=O)[O-])cc3)c(C=Cc3ccc([N+](=O)[O-])cc3)c2)cc1. The van der Waals surface area contributed by atoms with Crippen LogP contribution in [0.25, 0.3) is 36.5 Å². The predicted molar refractivity (Wildman–Crippen MR) is 153 cm³/mol. The van der Waals surface area contributed by atoms with E-state index in [-0.39, 0.29) is 17.1 Å². The van der Waals surface area contributed by atoms with Crippen molar-refractivity contribution in [3.05, 3.63) is 155 Å². The summed E-state index contributed by atoms with van der Waals surface area (Å²) in [5, 5.41) is 32.7. The van der Waals surface area contributed by atoms with Crippen LogP contribution in [0.5, 0.6) is 0 Å². The maximum Gasteiger partial charge on any atom is 0.269 e. The number of nitrogens with zero attached hydrogens (tertiary/aromatic N) is 3. The third kappa shape index (κ3) is 7.17. The van der Waals surface area contributed by atoms with Gasteiger partial charge in [-0.2, -0.15) is 0 Å². The zero-order valence-corrected chi connectivity index (χ0v) is 20.4. The van der Waals surface area contributed by atoms with E-state index >= 15 is 0 Å². The Morgan fingerprint density at radius 2 is 0.692 bits per heavy atom. The molecule has 192 valence electrons. The molecule has 0 spiro atoms. The number of hydrogen-bond acceptors (Lipinski definition) is 6. The molecule has 0 aliphatic heterocycles. The third-order valence-electron chi connectivity index (χ3n) is 5.80. The number of nitro benzene ring substituents is 3. The molecule has 0 aliphatic rings. The largest absolute Gasteiger partial charge is 0.269 e. The van der Waals surface area contributed by atoms with Crippen LogP contribution in [0.15, 0.2) is 91.0 Å². The maximum absolute atomic E-state index is 10.9. The van der Waals surface area contributed by atoms with Gasteiger partial charge in [0.25, 0.3) is 17.1 Å². The Labute approximate surface area is 223 Å². The summed E-state index contributed by atoms with van der Waals surface area (Å²) in [4.78, 5) is 31.4. The van der Waals surface area contributed by atoms with Crippen LogP contribution in [0, 0.1) is 30.3 Å². The van der Waals surface area contributed by atoms with Crippen molar-refractivity contribution in [3.63, 3.8) is 0 Å². The lowest BCUT2D eigenvalue weighted by Crippen LogP contribution is -1.87. The summed E-state index contributed by atoms with van der Waals surface area (Å²) >= 11 is 0. The van der Waals surface area contributed by atoms with Gasteiger partial charge in [-0.25, -0.2) is 0 Å². The van der Waals surface area contributed by atoms with Gasteiger partial charge in [-0.15, -0.1) is 0 Å². The highest BCUT2D eigenvalue weighted by molar-refractivity contribution is 5.82. The molecule has 0 aromatic heterocycles. The molecule has 0 saturated carbocycles. The summed E-state index contributed by atoms with van der Waals surface area (Å²) < 4.78 is 0. The molecule has 0 fully saturated rings. The van der Waals surface area contributed by atoms with E-state index < -0.39 is 14.8 Å². The van der Waals surface area contributed by atoms with Crippen LogP contribution < -0.4 is 0 Å². The van der Waals surface area contributed by atoms with Gasteiger partial charge in [-0.1, -0.05) is 48.6 Å². The van der Waals surface area contributed by atoms with Gasteiger partial charge in [-0.3, -0.25) is 30.3 Å². The van der Waals surface area contributed by atoms with Gasteiger partial charge < -0.3 is 0 Å². The Hall–Kier alpha value is -5.70. The van der Waals surface area contributed by atoms with Crippen LogP contribution in [0.1, 0.15) is 33.4 Å². The van der Waals surface area contributed by atoms with Crippen LogP contribution in [-0.2, 0) is 0 Å². The second kappa shape index (κ2) is 12.0. The quantitative estimate of drug-likeness (QED) is 0.125. The fourth-order valence-electron chi connectivity index (χ4n) is 3.68. The van der Waals surface area contributed by atoms with E-state index in [4.69, 9.17) is 0 Å². The molecule has 0 N–H and O–H groups in total. The van der Waals surface area contributed by atoms with E-state index in [1.165, 1.54) is 36.4 Å². The molecule has 39 heavy (non-hydrogen) atoms. The lowest BCUT2D eigenvalue weighted by atomic mass is 10.0. The van der Waals surface area contributed by atoms with Gasteiger partial charge in [0.2, 0.25) is 0 Å². The minimum absolute atomic E-state index is 0.0113. The van der Waals surface area contributed by atoms with E-state index in [2.05, 4.69) is 0 Å². The van der Waals surface area contributed by atoms with Crippen molar-refractivity contribution in [2.24, 2.45) is 0 Å². The second-order valence-corrected chi connectivity index (χ2v) is 8.43. The van der Waals surface area contributed by atoms with Crippen LogP contribution >= 0.6 is 0 Å². The number of rotatable bonds is 9. The Kier molecular flexibility index (Phi) is 8.13. The number of benzene rings is 4. The number of hydrogen-bond donors (Lipinski definition) is 0. The van der Waals surface area contributed by atoms with Gasteiger partial charge in [0.05, 0.1) is 14.8 Å². The highest BCUT2D eigenvalue weighted by atomic mass is 16.6. The van der Waals surface area contributed by atoms with Gasteiger partial charge >= 0.3 is 0 Å². The normalized spacial score (nSPS) is 11.4. The zero-order chi connectivity index (χ0) is 27.8. The molecule has 0 bridgehead atoms. The van der Waals surface area contributed by atoms with Gasteiger partial charge in [-0.05, 0) is 75.8 Å². The molecule has 0 atom stereocenters. The first-order valence-electron chi connectivity index (χ1n) is 11.7. The topological polar surface area (TPSA) is 129 Å². The van der Waals surface area contributed by atoms with Crippen LogP contribution in [0.4, 0.5) is 17.1 Å². The van der Waals surface area contributed by atoms with E-state index in [9.17, 15) is 30.3 Å². The lowest BCUT2D eigenvalue weighted by molar-refractivity contribution is -0.385. The van der Waals surface area contributed by atoms with Crippen molar-refractivity contribution < 1.29 is 14.8 Å². The van der Waals surface area contributed by atoms with Crippen molar-refractivity contribution in [3.8, 4) is 0 Å². The molecule has 0 radical (unpaired) electrons. The van der Waals surface area contributed by atoms with E-state index in [0.29, 0.717) is 0 Å². The van der Waals surface area contributed by atoms with Crippen molar-refractivity contribution in [1.29, 1.82) is 0 Å². The van der Waals surface area contributed by atoms with Gasteiger partial charge in [0, 0.05) is 36.4 Å². The Morgan fingerprint density at radius 3 is 1.08 bits per heavy atom.